The SMILES string of the molecule is CC[C@H](CO)N1C=C(OC)C(/C=C/C2CCC(C(F)(F)F)CC2)=CC1. The summed E-state index contributed by atoms with van der Waals surface area (Å²) in [5.41, 5.74) is 0.949. The molecule has 0 bridgehead atoms. The van der Waals surface area contributed by atoms with Gasteiger partial charge >= 0.3 is 6.18 Å². The topological polar surface area (TPSA) is 32.7 Å². The Balaban J connectivity index is 1.94. The number of hydrogen-bond acceptors (Lipinski definition) is 3. The van der Waals surface area contributed by atoms with Gasteiger partial charge in [-0.3, -0.25) is 0 Å². The lowest BCUT2D eigenvalue weighted by molar-refractivity contribution is -0.183. The molecule has 142 valence electrons. The Morgan fingerprint density at radius 1 is 1.32 bits per heavy atom. The highest BCUT2D eigenvalue weighted by Gasteiger charge is 2.40. The zero-order valence-electron chi connectivity index (χ0n) is 14.9. The molecule has 1 N–H and O–H groups in total. The van der Waals surface area contributed by atoms with Gasteiger partial charge in [-0.1, -0.05) is 25.2 Å². The summed E-state index contributed by atoms with van der Waals surface area (Å²) in [5, 5.41) is 9.43. The number of aliphatic hydroxyl groups excluding tert-OH is 1. The molecule has 0 unspecified atom stereocenters. The summed E-state index contributed by atoms with van der Waals surface area (Å²) in [6.07, 6.45) is 6.29. The third-order valence-corrected chi connectivity index (χ3v) is 5.24. The molecule has 1 aliphatic carbocycles. The predicted octanol–water partition coefficient (Wildman–Crippen LogP) is 4.41. The van der Waals surface area contributed by atoms with Gasteiger partial charge in [0.1, 0.15) is 5.76 Å². The molecule has 1 atom stereocenters. The Morgan fingerprint density at radius 3 is 2.52 bits per heavy atom. The maximum Gasteiger partial charge on any atom is 0.391 e. The number of alkyl halides is 3. The van der Waals surface area contributed by atoms with Crippen LogP contribution in [-0.2, 0) is 4.74 Å². The van der Waals surface area contributed by atoms with E-state index in [1.54, 1.807) is 7.11 Å². The van der Waals surface area contributed by atoms with E-state index in [1.807, 2.05) is 36.3 Å². The van der Waals surface area contributed by atoms with Gasteiger partial charge in [-0.2, -0.15) is 13.2 Å². The largest absolute Gasteiger partial charge is 0.495 e. The van der Waals surface area contributed by atoms with E-state index in [9.17, 15) is 18.3 Å². The molecule has 0 aromatic carbocycles. The number of methoxy groups -OCH3 is 1. The zero-order chi connectivity index (χ0) is 18.4. The van der Waals surface area contributed by atoms with Crippen LogP contribution in [-0.4, -0.2) is 42.5 Å². The van der Waals surface area contributed by atoms with E-state index in [2.05, 4.69) is 0 Å². The molecular formula is C19H28F3NO2. The first-order chi connectivity index (χ1) is 11.9. The van der Waals surface area contributed by atoms with Crippen LogP contribution in [0.3, 0.4) is 0 Å². The summed E-state index contributed by atoms with van der Waals surface area (Å²) >= 11 is 0. The summed E-state index contributed by atoms with van der Waals surface area (Å²) in [6.45, 7) is 2.80. The summed E-state index contributed by atoms with van der Waals surface area (Å²) in [5.74, 6) is -0.228. The van der Waals surface area contributed by atoms with Gasteiger partial charge in [-0.05, 0) is 38.0 Å². The second kappa shape index (κ2) is 8.79. The van der Waals surface area contributed by atoms with Crippen molar-refractivity contribution in [2.45, 2.75) is 51.2 Å². The maximum atomic E-state index is 12.7. The lowest BCUT2D eigenvalue weighted by atomic mass is 9.81. The zero-order valence-corrected chi connectivity index (χ0v) is 14.9. The van der Waals surface area contributed by atoms with Crippen molar-refractivity contribution in [3.63, 3.8) is 0 Å². The molecule has 3 nitrogen and oxygen atoms in total. The molecule has 6 heteroatoms. The van der Waals surface area contributed by atoms with Crippen LogP contribution in [0.4, 0.5) is 13.2 Å². The fourth-order valence-corrected chi connectivity index (χ4v) is 3.50. The minimum absolute atomic E-state index is 0.0598. The molecule has 0 saturated heterocycles. The molecule has 0 radical (unpaired) electrons. The minimum Gasteiger partial charge on any atom is -0.495 e. The average molecular weight is 359 g/mol. The first-order valence-electron chi connectivity index (χ1n) is 8.96. The molecule has 25 heavy (non-hydrogen) atoms. The fraction of sp³-hybridized carbons (Fsp3) is 0.684. The van der Waals surface area contributed by atoms with Crippen LogP contribution in [0.15, 0.2) is 35.8 Å². The molecule has 1 saturated carbocycles. The highest BCUT2D eigenvalue weighted by molar-refractivity contribution is 5.38. The van der Waals surface area contributed by atoms with E-state index in [-0.39, 0.29) is 31.4 Å². The predicted molar refractivity (Wildman–Crippen MR) is 91.7 cm³/mol. The Labute approximate surface area is 147 Å². The van der Waals surface area contributed by atoms with Gasteiger partial charge in [0.2, 0.25) is 0 Å². The van der Waals surface area contributed by atoms with Gasteiger partial charge in [0.15, 0.2) is 0 Å². The Morgan fingerprint density at radius 2 is 2.00 bits per heavy atom. The first-order valence-corrected chi connectivity index (χ1v) is 8.96. The normalized spacial score (nSPS) is 26.4. The maximum absolute atomic E-state index is 12.7. The third kappa shape index (κ3) is 5.27. The number of halogens is 3. The number of ether oxygens (including phenoxy) is 1. The van der Waals surface area contributed by atoms with Crippen molar-refractivity contribution in [3.8, 4) is 0 Å². The lowest BCUT2D eigenvalue weighted by Gasteiger charge is -2.31. The van der Waals surface area contributed by atoms with Crippen LogP contribution in [0, 0.1) is 11.8 Å². The van der Waals surface area contributed by atoms with Crippen LogP contribution in [0.1, 0.15) is 39.0 Å². The van der Waals surface area contributed by atoms with Gasteiger partial charge in [0, 0.05) is 18.3 Å². The molecular weight excluding hydrogens is 331 g/mol. The average Bonchev–Trinajstić information content (AvgIpc) is 2.61. The van der Waals surface area contributed by atoms with Crippen LogP contribution in [0.25, 0.3) is 0 Å². The standard InChI is InChI=1S/C19H28F3NO2/c1-3-17(13-24)23-11-10-15(18(12-23)25-2)7-4-14-5-8-16(9-6-14)19(20,21)22/h4,7,10,12,14,16-17,24H,3,5-6,8-9,11,13H2,1-2H3/b7-4+/t14?,16?,17-/m1/s1. The molecule has 0 spiro atoms. The van der Waals surface area contributed by atoms with Gasteiger partial charge in [0.25, 0.3) is 0 Å². The second-order valence-electron chi connectivity index (χ2n) is 6.81. The number of hydrogen-bond donors (Lipinski definition) is 1. The molecule has 0 amide bonds. The summed E-state index contributed by atoms with van der Waals surface area (Å²) < 4.78 is 43.6. The molecule has 2 aliphatic rings. The van der Waals surface area contributed by atoms with Crippen molar-refractivity contribution in [1.29, 1.82) is 0 Å². The van der Waals surface area contributed by atoms with E-state index >= 15 is 0 Å². The smallest absolute Gasteiger partial charge is 0.391 e. The van der Waals surface area contributed by atoms with Crippen molar-refractivity contribution in [2.24, 2.45) is 11.8 Å². The summed E-state index contributed by atoms with van der Waals surface area (Å²) in [4.78, 5) is 2.05. The van der Waals surface area contributed by atoms with Crippen molar-refractivity contribution in [1.82, 2.24) is 4.90 Å². The summed E-state index contributed by atoms with van der Waals surface area (Å²) in [7, 11) is 1.60. The van der Waals surface area contributed by atoms with E-state index in [4.69, 9.17) is 4.74 Å². The van der Waals surface area contributed by atoms with Crippen LogP contribution < -0.4 is 0 Å². The van der Waals surface area contributed by atoms with E-state index in [0.29, 0.717) is 19.4 Å². The van der Waals surface area contributed by atoms with Crippen LogP contribution >= 0.6 is 0 Å². The van der Waals surface area contributed by atoms with Crippen molar-refractivity contribution >= 4 is 0 Å². The van der Waals surface area contributed by atoms with Crippen molar-refractivity contribution in [2.75, 3.05) is 20.3 Å². The number of allylic oxidation sites excluding steroid dienone is 2. The molecule has 0 aromatic rings. The molecule has 0 aromatic heterocycles. The van der Waals surface area contributed by atoms with Crippen LogP contribution in [0.2, 0.25) is 0 Å². The number of nitrogens with zero attached hydrogens (tertiary/aromatic N) is 1. The van der Waals surface area contributed by atoms with Gasteiger partial charge < -0.3 is 14.7 Å². The van der Waals surface area contributed by atoms with E-state index in [1.165, 1.54) is 0 Å². The monoisotopic (exact) mass is 359 g/mol. The highest BCUT2D eigenvalue weighted by atomic mass is 19.4. The Hall–Kier alpha value is -1.43. The Bertz CT molecular complexity index is 513. The van der Waals surface area contributed by atoms with Crippen molar-refractivity contribution < 1.29 is 23.0 Å². The van der Waals surface area contributed by atoms with Gasteiger partial charge in [-0.25, -0.2) is 0 Å². The molecule has 1 fully saturated rings. The van der Waals surface area contributed by atoms with Gasteiger partial charge in [0.05, 0.1) is 25.7 Å². The minimum atomic E-state index is -4.06. The second-order valence-corrected chi connectivity index (χ2v) is 6.81. The molecule has 1 heterocycles. The highest BCUT2D eigenvalue weighted by Crippen LogP contribution is 2.40. The third-order valence-electron chi connectivity index (χ3n) is 5.24. The van der Waals surface area contributed by atoms with Gasteiger partial charge in [-0.15, -0.1) is 0 Å². The molecule has 1 aliphatic heterocycles. The quantitative estimate of drug-likeness (QED) is 0.762. The number of rotatable bonds is 6. The van der Waals surface area contributed by atoms with Crippen molar-refractivity contribution in [3.05, 3.63) is 35.8 Å². The molecule has 2 rings (SSSR count). The van der Waals surface area contributed by atoms with E-state index in [0.717, 1.165) is 17.8 Å². The number of aliphatic hydroxyl groups is 1. The fourth-order valence-electron chi connectivity index (χ4n) is 3.50. The first kappa shape index (κ1) is 19.9. The Kier molecular flexibility index (Phi) is 6.99. The van der Waals surface area contributed by atoms with Crippen LogP contribution in [0.5, 0.6) is 0 Å². The summed E-state index contributed by atoms with van der Waals surface area (Å²) in [6, 6.07) is 0.0598. The van der Waals surface area contributed by atoms with E-state index < -0.39 is 12.1 Å². The lowest BCUT2D eigenvalue weighted by Crippen LogP contribution is -2.35.